The molecule has 0 aliphatic heterocycles. The summed E-state index contributed by atoms with van der Waals surface area (Å²) in [5.41, 5.74) is 0. The van der Waals surface area contributed by atoms with Gasteiger partial charge in [0.15, 0.2) is 0 Å². The third-order valence-corrected chi connectivity index (χ3v) is 2.26. The van der Waals surface area contributed by atoms with Gasteiger partial charge < -0.3 is 15.3 Å². The Balaban J connectivity index is 4.08. The summed E-state index contributed by atoms with van der Waals surface area (Å²) in [6.07, 6.45) is 1.95. The molecule has 0 saturated heterocycles. The Kier molecular flexibility index (Phi) is 7.33. The normalized spacial score (nSPS) is 10.2. The number of nitrogens with one attached hydrogen (secondary N) is 1. The third kappa shape index (κ3) is 6.27. The quantitative estimate of drug-likeness (QED) is 0.654. The van der Waals surface area contributed by atoms with Crippen LogP contribution in [0.1, 0.15) is 40.0 Å². The van der Waals surface area contributed by atoms with Crippen molar-refractivity contribution in [1.29, 1.82) is 0 Å². The summed E-state index contributed by atoms with van der Waals surface area (Å²) in [6.45, 7) is 6.70. The molecule has 0 heterocycles. The molecule has 0 aromatic carbocycles. The highest BCUT2D eigenvalue weighted by molar-refractivity contribution is 5.75. The summed E-state index contributed by atoms with van der Waals surface area (Å²) < 4.78 is 0. The van der Waals surface area contributed by atoms with Gasteiger partial charge in [-0.05, 0) is 20.3 Å². The van der Waals surface area contributed by atoms with Crippen LogP contribution in [0.5, 0.6) is 0 Å². The van der Waals surface area contributed by atoms with Crippen molar-refractivity contribution in [3.8, 4) is 0 Å². The number of carboxylic acid groups (broad SMARTS) is 1. The number of amides is 2. The second kappa shape index (κ2) is 7.96. The first-order valence-electron chi connectivity index (χ1n) is 5.75. The lowest BCUT2D eigenvalue weighted by Crippen LogP contribution is -2.45. The smallest absolute Gasteiger partial charge is 0.317 e. The van der Waals surface area contributed by atoms with E-state index in [1.807, 2.05) is 13.8 Å². The van der Waals surface area contributed by atoms with Gasteiger partial charge in [0.2, 0.25) is 0 Å². The fourth-order valence-electron chi connectivity index (χ4n) is 1.28. The number of hydrogen-bond acceptors (Lipinski definition) is 2. The van der Waals surface area contributed by atoms with Gasteiger partial charge in [0.05, 0.1) is 6.42 Å². The predicted octanol–water partition coefficient (Wildman–Crippen LogP) is 1.68. The molecule has 94 valence electrons. The van der Waals surface area contributed by atoms with Crippen LogP contribution in [-0.2, 0) is 4.79 Å². The van der Waals surface area contributed by atoms with Gasteiger partial charge in [-0.1, -0.05) is 13.3 Å². The molecule has 0 aliphatic carbocycles. The van der Waals surface area contributed by atoms with E-state index in [0.29, 0.717) is 6.54 Å². The zero-order chi connectivity index (χ0) is 12.6. The van der Waals surface area contributed by atoms with Crippen LogP contribution in [0.2, 0.25) is 0 Å². The van der Waals surface area contributed by atoms with Crippen LogP contribution in [0.25, 0.3) is 0 Å². The van der Waals surface area contributed by atoms with E-state index in [9.17, 15) is 9.59 Å². The van der Waals surface area contributed by atoms with Crippen LogP contribution in [0, 0.1) is 0 Å². The fourth-order valence-corrected chi connectivity index (χ4v) is 1.28. The van der Waals surface area contributed by atoms with Gasteiger partial charge >= 0.3 is 12.0 Å². The topological polar surface area (TPSA) is 69.6 Å². The van der Waals surface area contributed by atoms with Gasteiger partial charge in [-0.3, -0.25) is 4.79 Å². The van der Waals surface area contributed by atoms with Gasteiger partial charge in [0.1, 0.15) is 0 Å². The molecule has 2 amide bonds. The van der Waals surface area contributed by atoms with Crippen molar-refractivity contribution in [3.05, 3.63) is 0 Å². The highest BCUT2D eigenvalue weighted by atomic mass is 16.4. The second-order valence-corrected chi connectivity index (χ2v) is 4.02. The summed E-state index contributed by atoms with van der Waals surface area (Å²) in [5, 5.41) is 11.4. The van der Waals surface area contributed by atoms with Gasteiger partial charge in [-0.15, -0.1) is 0 Å². The van der Waals surface area contributed by atoms with Crippen LogP contribution >= 0.6 is 0 Å². The Labute approximate surface area is 96.8 Å². The highest BCUT2D eigenvalue weighted by Gasteiger charge is 2.16. The van der Waals surface area contributed by atoms with Crippen LogP contribution in [-0.4, -0.2) is 41.1 Å². The van der Waals surface area contributed by atoms with E-state index in [2.05, 4.69) is 12.2 Å². The molecule has 0 spiro atoms. The van der Waals surface area contributed by atoms with Crippen LogP contribution in [0.3, 0.4) is 0 Å². The summed E-state index contributed by atoms with van der Waals surface area (Å²) in [5.74, 6) is -0.882. The number of rotatable bonds is 7. The van der Waals surface area contributed by atoms with Crippen molar-refractivity contribution in [3.63, 3.8) is 0 Å². The van der Waals surface area contributed by atoms with Gasteiger partial charge in [0.25, 0.3) is 0 Å². The molecule has 0 unspecified atom stereocenters. The first-order chi connectivity index (χ1) is 7.49. The maximum absolute atomic E-state index is 11.7. The number of carbonyl (C=O) groups is 2. The van der Waals surface area contributed by atoms with Crippen molar-refractivity contribution in [2.75, 3.05) is 13.1 Å². The number of aliphatic carboxylic acids is 1. The van der Waals surface area contributed by atoms with E-state index in [1.54, 1.807) is 4.90 Å². The lowest BCUT2D eigenvalue weighted by molar-refractivity contribution is -0.137. The molecule has 2 N–H and O–H groups in total. The van der Waals surface area contributed by atoms with Crippen molar-refractivity contribution in [1.82, 2.24) is 10.2 Å². The number of carboxylic acids is 1. The minimum atomic E-state index is -0.882. The molecule has 0 atom stereocenters. The molecule has 0 aromatic rings. The standard InChI is InChI=1S/C11H22N2O3/c1-4-5-7-12-11(16)13(9(2)3)8-6-10(14)15/h9H,4-8H2,1-3H3,(H,12,16)(H,14,15). The van der Waals surface area contributed by atoms with E-state index >= 15 is 0 Å². The molecule has 0 aromatic heterocycles. The highest BCUT2D eigenvalue weighted by Crippen LogP contribution is 2.00. The van der Waals surface area contributed by atoms with E-state index in [4.69, 9.17) is 5.11 Å². The van der Waals surface area contributed by atoms with Crippen LogP contribution in [0.4, 0.5) is 4.79 Å². The predicted molar refractivity (Wildman–Crippen MR) is 62.4 cm³/mol. The molecular formula is C11H22N2O3. The maximum atomic E-state index is 11.7. The first kappa shape index (κ1) is 14.7. The SMILES string of the molecule is CCCCNC(=O)N(CCC(=O)O)C(C)C. The van der Waals surface area contributed by atoms with E-state index < -0.39 is 5.97 Å². The van der Waals surface area contributed by atoms with E-state index in [0.717, 1.165) is 12.8 Å². The lowest BCUT2D eigenvalue weighted by Gasteiger charge is -2.26. The summed E-state index contributed by atoms with van der Waals surface area (Å²) in [6, 6.07) is -0.161. The van der Waals surface area contributed by atoms with Crippen molar-refractivity contribution in [2.24, 2.45) is 0 Å². The summed E-state index contributed by atoms with van der Waals surface area (Å²) in [7, 11) is 0. The average molecular weight is 230 g/mol. The number of unbranched alkanes of at least 4 members (excludes halogenated alkanes) is 1. The van der Waals surface area contributed by atoms with Crippen LogP contribution in [0.15, 0.2) is 0 Å². The Morgan fingerprint density at radius 2 is 2.00 bits per heavy atom. The van der Waals surface area contributed by atoms with Crippen LogP contribution < -0.4 is 5.32 Å². The lowest BCUT2D eigenvalue weighted by atomic mass is 10.3. The molecule has 5 nitrogen and oxygen atoms in total. The van der Waals surface area contributed by atoms with Crippen molar-refractivity contribution in [2.45, 2.75) is 46.1 Å². The summed E-state index contributed by atoms with van der Waals surface area (Å²) >= 11 is 0. The Hall–Kier alpha value is -1.26. The Morgan fingerprint density at radius 3 is 2.44 bits per heavy atom. The first-order valence-corrected chi connectivity index (χ1v) is 5.75. The minimum Gasteiger partial charge on any atom is -0.481 e. The van der Waals surface area contributed by atoms with Gasteiger partial charge in [-0.2, -0.15) is 0 Å². The number of hydrogen-bond donors (Lipinski definition) is 2. The molecule has 0 radical (unpaired) electrons. The molecule has 0 bridgehead atoms. The second-order valence-electron chi connectivity index (χ2n) is 4.02. The zero-order valence-electron chi connectivity index (χ0n) is 10.3. The monoisotopic (exact) mass is 230 g/mol. The van der Waals surface area contributed by atoms with Gasteiger partial charge in [-0.25, -0.2) is 4.79 Å². The fraction of sp³-hybridized carbons (Fsp3) is 0.818. The number of urea groups is 1. The number of nitrogens with zero attached hydrogens (tertiary/aromatic N) is 1. The molecule has 16 heavy (non-hydrogen) atoms. The molecular weight excluding hydrogens is 208 g/mol. The van der Waals surface area contributed by atoms with Crippen molar-refractivity contribution >= 4 is 12.0 Å². The minimum absolute atomic E-state index is 0.0145. The summed E-state index contributed by atoms with van der Waals surface area (Å²) in [4.78, 5) is 23.7. The Morgan fingerprint density at radius 1 is 1.38 bits per heavy atom. The molecule has 0 saturated carbocycles. The number of carbonyl (C=O) groups excluding carboxylic acids is 1. The zero-order valence-corrected chi connectivity index (χ0v) is 10.3. The van der Waals surface area contributed by atoms with E-state index in [1.165, 1.54) is 0 Å². The van der Waals surface area contributed by atoms with Gasteiger partial charge in [0, 0.05) is 19.1 Å². The average Bonchev–Trinajstić information content (AvgIpc) is 2.17. The maximum Gasteiger partial charge on any atom is 0.317 e. The largest absolute Gasteiger partial charge is 0.481 e. The van der Waals surface area contributed by atoms with E-state index in [-0.39, 0.29) is 25.0 Å². The van der Waals surface area contributed by atoms with Crippen molar-refractivity contribution < 1.29 is 14.7 Å². The third-order valence-electron chi connectivity index (χ3n) is 2.26. The molecule has 0 fully saturated rings. The Bertz CT molecular complexity index is 229. The molecule has 0 rings (SSSR count). The molecule has 0 aliphatic rings. The molecule has 5 heteroatoms.